The van der Waals surface area contributed by atoms with Crippen molar-refractivity contribution in [1.29, 1.82) is 0 Å². The van der Waals surface area contributed by atoms with Crippen LogP contribution in [0.5, 0.6) is 5.75 Å². The standard InChI is InChI=1S/C15H13FN2O5/c1-21-14-11(7-9(16)8-12(14)18(19)20)13-10(3-2-4-17-13)15-22-5-6-23-15/h2-4,7-8,15H,5-6H2,1H3. The summed E-state index contributed by atoms with van der Waals surface area (Å²) in [6, 6.07) is 5.36. The molecule has 1 aromatic heterocycles. The zero-order chi connectivity index (χ0) is 16.4. The summed E-state index contributed by atoms with van der Waals surface area (Å²) < 4.78 is 29.9. The molecular weight excluding hydrogens is 307 g/mol. The summed E-state index contributed by atoms with van der Waals surface area (Å²) in [4.78, 5) is 14.7. The number of hydrogen-bond donors (Lipinski definition) is 0. The van der Waals surface area contributed by atoms with Gasteiger partial charge in [-0.2, -0.15) is 0 Å². The molecule has 0 atom stereocenters. The zero-order valence-electron chi connectivity index (χ0n) is 12.2. The first-order valence-electron chi connectivity index (χ1n) is 6.82. The van der Waals surface area contributed by atoms with Gasteiger partial charge in [0.05, 0.1) is 42.6 Å². The molecule has 1 fully saturated rings. The van der Waals surface area contributed by atoms with Crippen molar-refractivity contribution in [1.82, 2.24) is 4.98 Å². The van der Waals surface area contributed by atoms with Crippen LogP contribution in [0.4, 0.5) is 10.1 Å². The second-order valence-electron chi connectivity index (χ2n) is 4.78. The quantitative estimate of drug-likeness (QED) is 0.636. The highest BCUT2D eigenvalue weighted by Crippen LogP contribution is 2.41. The average Bonchev–Trinajstić information content (AvgIpc) is 3.08. The molecule has 3 rings (SSSR count). The first-order chi connectivity index (χ1) is 11.1. The summed E-state index contributed by atoms with van der Waals surface area (Å²) in [6.07, 6.45) is 0.856. The Kier molecular flexibility index (Phi) is 4.18. The molecule has 1 saturated heterocycles. The molecule has 0 radical (unpaired) electrons. The van der Waals surface area contributed by atoms with E-state index in [0.717, 1.165) is 12.1 Å². The molecule has 1 aromatic carbocycles. The van der Waals surface area contributed by atoms with Crippen molar-refractivity contribution in [2.24, 2.45) is 0 Å². The third-order valence-electron chi connectivity index (χ3n) is 3.40. The van der Waals surface area contributed by atoms with Crippen molar-refractivity contribution in [2.45, 2.75) is 6.29 Å². The van der Waals surface area contributed by atoms with Crippen LogP contribution < -0.4 is 4.74 Å². The Morgan fingerprint density at radius 3 is 2.78 bits per heavy atom. The van der Waals surface area contributed by atoms with E-state index in [0.29, 0.717) is 24.5 Å². The number of nitrogens with zero attached hydrogens (tertiary/aromatic N) is 2. The minimum atomic E-state index is -0.752. The highest BCUT2D eigenvalue weighted by molar-refractivity contribution is 5.75. The van der Waals surface area contributed by atoms with Crippen LogP contribution in [-0.4, -0.2) is 30.2 Å². The number of nitro benzene ring substituents is 1. The first kappa shape index (κ1) is 15.3. The highest BCUT2D eigenvalue weighted by atomic mass is 19.1. The normalized spacial score (nSPS) is 14.9. The molecule has 0 spiro atoms. The van der Waals surface area contributed by atoms with Gasteiger partial charge >= 0.3 is 5.69 Å². The molecular formula is C15H13FN2O5. The summed E-state index contributed by atoms with van der Waals surface area (Å²) >= 11 is 0. The van der Waals surface area contributed by atoms with Gasteiger partial charge in [-0.3, -0.25) is 15.1 Å². The van der Waals surface area contributed by atoms with Crippen LogP contribution in [0.2, 0.25) is 0 Å². The molecule has 0 amide bonds. The number of pyridine rings is 1. The minimum Gasteiger partial charge on any atom is -0.490 e. The fourth-order valence-corrected chi connectivity index (χ4v) is 2.48. The predicted octanol–water partition coefficient (Wildman–Crippen LogP) is 2.85. The van der Waals surface area contributed by atoms with Gasteiger partial charge in [0.1, 0.15) is 5.82 Å². The van der Waals surface area contributed by atoms with E-state index >= 15 is 0 Å². The molecule has 0 saturated carbocycles. The Morgan fingerprint density at radius 1 is 1.39 bits per heavy atom. The first-order valence-corrected chi connectivity index (χ1v) is 6.82. The average molecular weight is 320 g/mol. The van der Waals surface area contributed by atoms with Gasteiger partial charge in [0.2, 0.25) is 5.75 Å². The lowest BCUT2D eigenvalue weighted by atomic mass is 10.0. The zero-order valence-corrected chi connectivity index (χ0v) is 12.2. The number of ether oxygens (including phenoxy) is 3. The Bertz CT molecular complexity index is 747. The van der Waals surface area contributed by atoms with Crippen LogP contribution in [0.1, 0.15) is 11.9 Å². The van der Waals surface area contributed by atoms with Crippen molar-refractivity contribution in [3.63, 3.8) is 0 Å². The number of methoxy groups -OCH3 is 1. The van der Waals surface area contributed by atoms with Gasteiger partial charge in [-0.15, -0.1) is 0 Å². The fraction of sp³-hybridized carbons (Fsp3) is 0.267. The monoisotopic (exact) mass is 320 g/mol. The topological polar surface area (TPSA) is 83.7 Å². The number of rotatable bonds is 4. The lowest BCUT2D eigenvalue weighted by molar-refractivity contribution is -0.385. The summed E-state index contributed by atoms with van der Waals surface area (Å²) in [5, 5.41) is 11.1. The van der Waals surface area contributed by atoms with Crippen LogP contribution >= 0.6 is 0 Å². The number of aromatic nitrogens is 1. The maximum atomic E-state index is 13.8. The molecule has 1 aliphatic heterocycles. The molecule has 1 aliphatic rings. The SMILES string of the molecule is COc1c(-c2ncccc2C2OCCO2)cc(F)cc1[N+](=O)[O-]. The van der Waals surface area contributed by atoms with Gasteiger partial charge in [-0.1, -0.05) is 6.07 Å². The summed E-state index contributed by atoms with van der Waals surface area (Å²) in [7, 11) is 1.29. The third kappa shape index (κ3) is 2.86. The molecule has 8 heteroatoms. The van der Waals surface area contributed by atoms with E-state index in [1.54, 1.807) is 12.1 Å². The molecule has 0 N–H and O–H groups in total. The van der Waals surface area contributed by atoms with E-state index in [1.807, 2.05) is 0 Å². The molecule has 0 bridgehead atoms. The lowest BCUT2D eigenvalue weighted by Crippen LogP contribution is -2.04. The molecule has 120 valence electrons. The molecule has 2 heterocycles. The molecule has 0 aliphatic carbocycles. The second-order valence-corrected chi connectivity index (χ2v) is 4.78. The maximum Gasteiger partial charge on any atom is 0.314 e. The van der Waals surface area contributed by atoms with Gasteiger partial charge in [0, 0.05) is 11.8 Å². The highest BCUT2D eigenvalue weighted by Gasteiger charge is 2.28. The number of benzene rings is 1. The Hall–Kier alpha value is -2.58. The van der Waals surface area contributed by atoms with Crippen LogP contribution in [0, 0.1) is 15.9 Å². The lowest BCUT2D eigenvalue weighted by Gasteiger charge is -2.15. The van der Waals surface area contributed by atoms with Crippen molar-refractivity contribution < 1.29 is 23.5 Å². The third-order valence-corrected chi connectivity index (χ3v) is 3.40. The Morgan fingerprint density at radius 2 is 2.13 bits per heavy atom. The molecule has 2 aromatic rings. The van der Waals surface area contributed by atoms with Gasteiger partial charge in [0.25, 0.3) is 0 Å². The molecule has 0 unspecified atom stereocenters. The van der Waals surface area contributed by atoms with Crippen molar-refractivity contribution in [3.8, 4) is 17.0 Å². The van der Waals surface area contributed by atoms with Crippen molar-refractivity contribution in [2.75, 3.05) is 20.3 Å². The Labute approximate surface area is 130 Å². The molecule has 7 nitrogen and oxygen atoms in total. The van der Waals surface area contributed by atoms with Crippen molar-refractivity contribution in [3.05, 3.63) is 52.0 Å². The predicted molar refractivity (Wildman–Crippen MR) is 77.5 cm³/mol. The molecule has 23 heavy (non-hydrogen) atoms. The summed E-state index contributed by atoms with van der Waals surface area (Å²) in [6.45, 7) is 0.860. The van der Waals surface area contributed by atoms with Gasteiger partial charge in [0.15, 0.2) is 6.29 Å². The van der Waals surface area contributed by atoms with Gasteiger partial charge in [-0.05, 0) is 12.1 Å². The fourth-order valence-electron chi connectivity index (χ4n) is 2.48. The van der Waals surface area contributed by atoms with E-state index in [4.69, 9.17) is 14.2 Å². The van der Waals surface area contributed by atoms with Gasteiger partial charge < -0.3 is 14.2 Å². The summed E-state index contributed by atoms with van der Waals surface area (Å²) in [5.41, 5.74) is 0.586. The van der Waals surface area contributed by atoms with E-state index in [9.17, 15) is 14.5 Å². The van der Waals surface area contributed by atoms with Crippen molar-refractivity contribution >= 4 is 5.69 Å². The van der Waals surface area contributed by atoms with Crippen LogP contribution in [-0.2, 0) is 9.47 Å². The smallest absolute Gasteiger partial charge is 0.314 e. The second kappa shape index (κ2) is 6.27. The van der Waals surface area contributed by atoms with Crippen LogP contribution in [0.25, 0.3) is 11.3 Å². The van der Waals surface area contributed by atoms with E-state index < -0.39 is 22.7 Å². The largest absolute Gasteiger partial charge is 0.490 e. The maximum absolute atomic E-state index is 13.8. The van der Waals surface area contributed by atoms with E-state index in [-0.39, 0.29) is 11.3 Å². The van der Waals surface area contributed by atoms with E-state index in [2.05, 4.69) is 4.98 Å². The minimum absolute atomic E-state index is 0.0608. The number of nitro groups is 1. The van der Waals surface area contributed by atoms with Gasteiger partial charge in [-0.25, -0.2) is 4.39 Å². The number of hydrogen-bond acceptors (Lipinski definition) is 6. The van der Waals surface area contributed by atoms with Crippen LogP contribution in [0.3, 0.4) is 0 Å². The van der Waals surface area contributed by atoms with E-state index in [1.165, 1.54) is 13.3 Å². The van der Waals surface area contributed by atoms with Crippen LogP contribution in [0.15, 0.2) is 30.5 Å². The number of halogens is 1. The Balaban J connectivity index is 2.21. The summed E-state index contributed by atoms with van der Waals surface area (Å²) in [5.74, 6) is -0.813.